The van der Waals surface area contributed by atoms with E-state index in [0.717, 1.165) is 5.56 Å². The lowest BCUT2D eigenvalue weighted by atomic mass is 10.1. The Kier molecular flexibility index (Phi) is 4.97. The number of amides is 1. The number of allylic oxidation sites excluding steroid dienone is 1. The van der Waals surface area contributed by atoms with Crippen molar-refractivity contribution >= 4 is 41.2 Å². The molecular weight excluding hydrogens is 406 g/mol. The number of hydrogen-bond donors (Lipinski definition) is 1. The molecule has 0 aliphatic carbocycles. The molecule has 7 nitrogen and oxygen atoms in total. The topological polar surface area (TPSA) is 92.0 Å². The van der Waals surface area contributed by atoms with Crippen molar-refractivity contribution in [2.24, 2.45) is 4.99 Å². The van der Waals surface area contributed by atoms with Gasteiger partial charge in [0.25, 0.3) is 5.91 Å². The molecule has 0 bridgehead atoms. The van der Waals surface area contributed by atoms with Crippen LogP contribution in [0.4, 0.5) is 0 Å². The molecule has 0 saturated carbocycles. The first-order valence-electron chi connectivity index (χ1n) is 9.00. The van der Waals surface area contributed by atoms with E-state index in [1.165, 1.54) is 17.2 Å². The zero-order valence-electron chi connectivity index (χ0n) is 16.1. The molecule has 2 aliphatic heterocycles. The van der Waals surface area contributed by atoms with Crippen LogP contribution in [0.5, 0.6) is 5.75 Å². The molecule has 2 aromatic carbocycles. The fourth-order valence-corrected chi connectivity index (χ4v) is 3.22. The molecule has 1 N–H and O–H groups in total. The Morgan fingerprint density at radius 1 is 1.23 bits per heavy atom. The molecule has 2 aliphatic rings. The number of rotatable bonds is 3. The van der Waals surface area contributed by atoms with Crippen molar-refractivity contribution in [1.29, 1.82) is 5.41 Å². The molecule has 2 aromatic rings. The summed E-state index contributed by atoms with van der Waals surface area (Å²) < 4.78 is 5.38. The standard InChI is InChI=1S/C22H16ClN3O4/c1-12-4-3-5-15(8-12)22(28)29-18-7-6-14(11-17(18)23)10-16-20(24)26-19(25-21(16)27)9-13(2)30-26/h3-11,24H,1-2H3/b16-10-,24-20?. The lowest BCUT2D eigenvalue weighted by Crippen LogP contribution is -2.38. The van der Waals surface area contributed by atoms with Gasteiger partial charge >= 0.3 is 5.97 Å². The lowest BCUT2D eigenvalue weighted by molar-refractivity contribution is -0.114. The summed E-state index contributed by atoms with van der Waals surface area (Å²) in [6.07, 6.45) is 3.07. The van der Waals surface area contributed by atoms with Gasteiger partial charge in [-0.3, -0.25) is 10.2 Å². The summed E-state index contributed by atoms with van der Waals surface area (Å²) in [5, 5.41) is 9.62. The highest BCUT2D eigenvalue weighted by atomic mass is 35.5. The van der Waals surface area contributed by atoms with Crippen LogP contribution in [0.2, 0.25) is 5.02 Å². The average Bonchev–Trinajstić information content (AvgIpc) is 3.07. The van der Waals surface area contributed by atoms with E-state index in [0.29, 0.717) is 16.9 Å². The highest BCUT2D eigenvalue weighted by Crippen LogP contribution is 2.29. The first-order chi connectivity index (χ1) is 14.3. The number of hydrogen-bond acceptors (Lipinski definition) is 5. The number of aliphatic imine (C=N–C) groups is 1. The third-order valence-electron chi connectivity index (χ3n) is 4.40. The second-order valence-corrected chi connectivity index (χ2v) is 7.18. The molecule has 0 unspecified atom stereocenters. The Labute approximate surface area is 177 Å². The van der Waals surface area contributed by atoms with E-state index < -0.39 is 11.9 Å². The molecule has 4 rings (SSSR count). The number of hydroxylamine groups is 2. The Bertz CT molecular complexity index is 1200. The van der Waals surface area contributed by atoms with E-state index in [1.54, 1.807) is 43.3 Å². The van der Waals surface area contributed by atoms with Crippen molar-refractivity contribution in [3.63, 3.8) is 0 Å². The minimum absolute atomic E-state index is 0.0578. The highest BCUT2D eigenvalue weighted by Gasteiger charge is 2.34. The summed E-state index contributed by atoms with van der Waals surface area (Å²) in [5.74, 6) is -0.187. The van der Waals surface area contributed by atoms with Crippen molar-refractivity contribution in [1.82, 2.24) is 5.06 Å². The zero-order valence-corrected chi connectivity index (χ0v) is 16.9. The van der Waals surface area contributed by atoms with Crippen LogP contribution in [0.25, 0.3) is 6.08 Å². The molecule has 0 aromatic heterocycles. The maximum absolute atomic E-state index is 12.3. The number of ether oxygens (including phenoxy) is 1. The van der Waals surface area contributed by atoms with E-state index in [1.807, 2.05) is 13.0 Å². The predicted octanol–water partition coefficient (Wildman–Crippen LogP) is 4.32. The van der Waals surface area contributed by atoms with Gasteiger partial charge in [0.15, 0.2) is 11.7 Å². The molecule has 30 heavy (non-hydrogen) atoms. The summed E-state index contributed by atoms with van der Waals surface area (Å²) in [4.78, 5) is 34.0. The molecular formula is C22H16ClN3O4. The Hall–Kier alpha value is -3.71. The summed E-state index contributed by atoms with van der Waals surface area (Å²) in [6.45, 7) is 3.59. The van der Waals surface area contributed by atoms with Gasteiger partial charge in [0.2, 0.25) is 0 Å². The monoisotopic (exact) mass is 421 g/mol. The Morgan fingerprint density at radius 3 is 2.77 bits per heavy atom. The summed E-state index contributed by atoms with van der Waals surface area (Å²) in [7, 11) is 0. The SMILES string of the molecule is CC1=CC2=NC(=O)/C(=C\c3ccc(OC(=O)c4cccc(C)c4)c(Cl)c3)C(=N)N2O1. The molecule has 1 amide bonds. The number of fused-ring (bicyclic) bond motifs is 1. The molecule has 0 fully saturated rings. The number of benzene rings is 2. The van der Waals surface area contributed by atoms with Crippen LogP contribution in [0, 0.1) is 12.3 Å². The van der Waals surface area contributed by atoms with Crippen molar-refractivity contribution in [2.75, 3.05) is 0 Å². The maximum atomic E-state index is 12.3. The third-order valence-corrected chi connectivity index (χ3v) is 4.70. The first kappa shape index (κ1) is 19.6. The van der Waals surface area contributed by atoms with E-state index in [4.69, 9.17) is 26.6 Å². The van der Waals surface area contributed by atoms with Crippen molar-refractivity contribution < 1.29 is 19.2 Å². The molecule has 0 spiro atoms. The van der Waals surface area contributed by atoms with Gasteiger partial charge in [0.1, 0.15) is 11.5 Å². The number of esters is 1. The van der Waals surface area contributed by atoms with Crippen LogP contribution in [0.3, 0.4) is 0 Å². The number of nitrogens with one attached hydrogen (secondary N) is 1. The van der Waals surface area contributed by atoms with Crippen molar-refractivity contribution in [3.8, 4) is 5.75 Å². The average molecular weight is 422 g/mol. The van der Waals surface area contributed by atoms with Crippen molar-refractivity contribution in [3.05, 3.63) is 81.6 Å². The van der Waals surface area contributed by atoms with Crippen LogP contribution in [-0.2, 0) is 9.63 Å². The van der Waals surface area contributed by atoms with Crippen LogP contribution in [0.15, 0.2) is 64.9 Å². The third kappa shape index (κ3) is 3.75. The first-order valence-corrected chi connectivity index (χ1v) is 9.38. The molecule has 0 saturated heterocycles. The maximum Gasteiger partial charge on any atom is 0.343 e. The molecule has 8 heteroatoms. The number of carbonyl (C=O) groups excluding carboxylic acids is 2. The van der Waals surface area contributed by atoms with Crippen LogP contribution in [-0.4, -0.2) is 28.6 Å². The molecule has 2 heterocycles. The van der Waals surface area contributed by atoms with Gasteiger partial charge in [0, 0.05) is 6.08 Å². The summed E-state index contributed by atoms with van der Waals surface area (Å²) in [5.41, 5.74) is 1.96. The van der Waals surface area contributed by atoms with Crippen molar-refractivity contribution in [2.45, 2.75) is 13.8 Å². The number of amidine groups is 2. The number of carbonyl (C=O) groups is 2. The summed E-state index contributed by atoms with van der Waals surface area (Å²) >= 11 is 6.27. The van der Waals surface area contributed by atoms with Gasteiger partial charge < -0.3 is 9.57 Å². The number of aryl methyl sites for hydroxylation is 1. The Morgan fingerprint density at radius 2 is 2.03 bits per heavy atom. The van der Waals surface area contributed by atoms with E-state index in [2.05, 4.69) is 4.99 Å². The fraction of sp³-hybridized carbons (Fsp3) is 0.0909. The zero-order chi connectivity index (χ0) is 21.4. The van der Waals surface area contributed by atoms with Gasteiger partial charge in [-0.15, -0.1) is 5.06 Å². The molecule has 0 atom stereocenters. The smallest absolute Gasteiger partial charge is 0.343 e. The Balaban J connectivity index is 1.56. The number of halogens is 1. The minimum atomic E-state index is -0.549. The van der Waals surface area contributed by atoms with Gasteiger partial charge in [-0.05, 0) is 49.8 Å². The van der Waals surface area contributed by atoms with Gasteiger partial charge in [0.05, 0.1) is 16.2 Å². The van der Waals surface area contributed by atoms with Gasteiger partial charge in [-0.1, -0.05) is 35.4 Å². The normalized spacial score (nSPS) is 16.8. The fourth-order valence-electron chi connectivity index (χ4n) is 2.99. The highest BCUT2D eigenvalue weighted by molar-refractivity contribution is 6.33. The van der Waals surface area contributed by atoms with Gasteiger partial charge in [-0.25, -0.2) is 4.79 Å². The minimum Gasteiger partial charge on any atom is -0.421 e. The molecule has 0 radical (unpaired) electrons. The quantitative estimate of drug-likeness (QED) is 0.452. The summed E-state index contributed by atoms with van der Waals surface area (Å²) in [6, 6.07) is 11.7. The second kappa shape index (κ2) is 7.61. The van der Waals surface area contributed by atoms with E-state index in [9.17, 15) is 9.59 Å². The largest absolute Gasteiger partial charge is 0.421 e. The van der Waals surface area contributed by atoms with Gasteiger partial charge in [-0.2, -0.15) is 4.99 Å². The predicted molar refractivity (Wildman–Crippen MR) is 112 cm³/mol. The van der Waals surface area contributed by atoms with Crippen LogP contribution < -0.4 is 4.74 Å². The number of nitrogens with zero attached hydrogens (tertiary/aromatic N) is 2. The van der Waals surface area contributed by atoms with E-state index >= 15 is 0 Å². The van der Waals surface area contributed by atoms with Crippen LogP contribution >= 0.6 is 11.6 Å². The lowest BCUT2D eigenvalue weighted by Gasteiger charge is -2.23. The molecule has 150 valence electrons. The van der Waals surface area contributed by atoms with Crippen LogP contribution in [0.1, 0.15) is 28.4 Å². The second-order valence-electron chi connectivity index (χ2n) is 6.77. The van der Waals surface area contributed by atoms with E-state index in [-0.39, 0.29) is 28.0 Å².